The molecule has 1 heterocycles. The number of aromatic amines is 1. The predicted octanol–water partition coefficient (Wildman–Crippen LogP) is 0.913. The minimum Gasteiger partial charge on any atom is -0.465 e. The van der Waals surface area contributed by atoms with Gasteiger partial charge in [-0.05, 0) is 18.2 Å². The molecule has 78 valence electrons. The van der Waals surface area contributed by atoms with Crippen LogP contribution in [0.15, 0.2) is 18.2 Å². The largest absolute Gasteiger partial charge is 0.465 e. The van der Waals surface area contributed by atoms with Crippen LogP contribution in [0.3, 0.4) is 0 Å². The molecule has 0 saturated heterocycles. The third-order valence-corrected chi connectivity index (χ3v) is 1.96. The summed E-state index contributed by atoms with van der Waals surface area (Å²) >= 11 is 0. The first kappa shape index (κ1) is 9.32. The second-order valence-corrected chi connectivity index (χ2v) is 3.12. The third kappa shape index (κ3) is 1.98. The molecule has 0 bridgehead atoms. The molecule has 0 unspecified atom stereocenters. The number of H-pyrrole nitrogens is 1. The first-order valence-corrected chi connectivity index (χ1v) is 4.36. The second-order valence-electron chi connectivity index (χ2n) is 3.12. The zero-order valence-electron chi connectivity index (χ0n) is 7.82. The van der Waals surface area contributed by atoms with Gasteiger partial charge >= 0.3 is 6.09 Å². The number of nitrogens with one attached hydrogen (secondary N) is 2. The van der Waals surface area contributed by atoms with Gasteiger partial charge in [0, 0.05) is 5.69 Å². The van der Waals surface area contributed by atoms with Crippen molar-refractivity contribution in [3.63, 3.8) is 0 Å². The highest BCUT2D eigenvalue weighted by Crippen LogP contribution is 2.14. The fourth-order valence-electron chi connectivity index (χ4n) is 1.32. The molecular weight excluding hydrogens is 196 g/mol. The molecule has 1 aromatic carbocycles. The van der Waals surface area contributed by atoms with Crippen molar-refractivity contribution in [3.8, 4) is 0 Å². The van der Waals surface area contributed by atoms with Gasteiger partial charge in [-0.25, -0.2) is 9.78 Å². The molecule has 0 aliphatic carbocycles. The van der Waals surface area contributed by atoms with Gasteiger partial charge < -0.3 is 21.1 Å². The molecule has 15 heavy (non-hydrogen) atoms. The molecular formula is C9H10N4O2. The average molecular weight is 206 g/mol. The molecule has 2 rings (SSSR count). The Hall–Kier alpha value is -2.24. The zero-order chi connectivity index (χ0) is 10.8. The molecule has 0 spiro atoms. The lowest BCUT2D eigenvalue weighted by molar-refractivity contribution is 0.193. The number of rotatable bonds is 2. The van der Waals surface area contributed by atoms with Gasteiger partial charge in [-0.15, -0.1) is 0 Å². The van der Waals surface area contributed by atoms with Gasteiger partial charge in [0.25, 0.3) is 0 Å². The van der Waals surface area contributed by atoms with E-state index in [0.29, 0.717) is 11.5 Å². The lowest BCUT2D eigenvalue weighted by Gasteiger charge is -1.94. The van der Waals surface area contributed by atoms with Crippen LogP contribution in [0.4, 0.5) is 10.5 Å². The number of imidazole rings is 1. The Morgan fingerprint density at radius 1 is 1.60 bits per heavy atom. The van der Waals surface area contributed by atoms with Crippen LogP contribution in [0, 0.1) is 0 Å². The van der Waals surface area contributed by atoms with Crippen molar-refractivity contribution in [2.75, 3.05) is 5.73 Å². The summed E-state index contributed by atoms with van der Waals surface area (Å²) in [6, 6.07) is 5.29. The minimum atomic E-state index is -1.07. The van der Waals surface area contributed by atoms with Gasteiger partial charge in [-0.3, -0.25) is 0 Å². The van der Waals surface area contributed by atoms with E-state index < -0.39 is 6.09 Å². The van der Waals surface area contributed by atoms with Crippen molar-refractivity contribution >= 4 is 22.8 Å². The van der Waals surface area contributed by atoms with Crippen LogP contribution in [0.1, 0.15) is 5.82 Å². The summed E-state index contributed by atoms with van der Waals surface area (Å²) in [6.07, 6.45) is -1.07. The highest BCUT2D eigenvalue weighted by Gasteiger charge is 2.03. The lowest BCUT2D eigenvalue weighted by Crippen LogP contribution is -2.20. The average Bonchev–Trinajstić information content (AvgIpc) is 2.56. The maximum Gasteiger partial charge on any atom is 0.405 e. The summed E-state index contributed by atoms with van der Waals surface area (Å²) in [7, 11) is 0. The second kappa shape index (κ2) is 3.49. The molecule has 0 radical (unpaired) electrons. The van der Waals surface area contributed by atoms with Gasteiger partial charge in [0.15, 0.2) is 0 Å². The first-order valence-electron chi connectivity index (χ1n) is 4.36. The Balaban J connectivity index is 2.27. The zero-order valence-corrected chi connectivity index (χ0v) is 7.82. The number of benzene rings is 1. The Bertz CT molecular complexity index is 506. The van der Waals surface area contributed by atoms with Crippen molar-refractivity contribution in [2.45, 2.75) is 6.54 Å². The van der Waals surface area contributed by atoms with Gasteiger partial charge in [0.05, 0.1) is 17.6 Å². The molecule has 1 aromatic heterocycles. The van der Waals surface area contributed by atoms with Crippen molar-refractivity contribution in [1.82, 2.24) is 15.3 Å². The van der Waals surface area contributed by atoms with E-state index in [2.05, 4.69) is 15.3 Å². The van der Waals surface area contributed by atoms with E-state index in [1.54, 1.807) is 18.2 Å². The van der Waals surface area contributed by atoms with Crippen molar-refractivity contribution in [3.05, 3.63) is 24.0 Å². The number of carboxylic acid groups (broad SMARTS) is 1. The van der Waals surface area contributed by atoms with Crippen LogP contribution >= 0.6 is 0 Å². The predicted molar refractivity (Wildman–Crippen MR) is 55.4 cm³/mol. The van der Waals surface area contributed by atoms with Crippen LogP contribution < -0.4 is 11.1 Å². The Labute approximate surface area is 85.1 Å². The van der Waals surface area contributed by atoms with Crippen molar-refractivity contribution < 1.29 is 9.90 Å². The normalized spacial score (nSPS) is 10.4. The molecule has 2 aromatic rings. The number of hydrogen-bond acceptors (Lipinski definition) is 3. The maximum atomic E-state index is 10.3. The summed E-state index contributed by atoms with van der Waals surface area (Å²) in [5, 5.41) is 10.7. The van der Waals surface area contributed by atoms with E-state index >= 15 is 0 Å². The molecule has 0 atom stereocenters. The first-order chi connectivity index (χ1) is 7.15. The van der Waals surface area contributed by atoms with E-state index in [-0.39, 0.29) is 6.54 Å². The number of nitrogen functional groups attached to an aromatic ring is 1. The number of aromatic nitrogens is 2. The van der Waals surface area contributed by atoms with Crippen LogP contribution in [0.25, 0.3) is 11.0 Å². The SMILES string of the molecule is Nc1ccc2nc(CNC(=O)O)[nH]c2c1. The van der Waals surface area contributed by atoms with Crippen molar-refractivity contribution in [2.24, 2.45) is 0 Å². The van der Waals surface area contributed by atoms with Gasteiger partial charge in [0.1, 0.15) is 5.82 Å². The quantitative estimate of drug-likeness (QED) is 0.548. The van der Waals surface area contributed by atoms with Gasteiger partial charge in [0.2, 0.25) is 0 Å². The Morgan fingerprint density at radius 3 is 3.13 bits per heavy atom. The highest BCUT2D eigenvalue weighted by molar-refractivity contribution is 5.78. The number of amides is 1. The van der Waals surface area contributed by atoms with Crippen molar-refractivity contribution in [1.29, 1.82) is 0 Å². The molecule has 1 amide bonds. The van der Waals surface area contributed by atoms with Crippen LogP contribution in [0.5, 0.6) is 0 Å². The van der Waals surface area contributed by atoms with E-state index in [4.69, 9.17) is 10.8 Å². The smallest absolute Gasteiger partial charge is 0.405 e. The topological polar surface area (TPSA) is 104 Å². The number of fused-ring (bicyclic) bond motifs is 1. The summed E-state index contributed by atoms with van der Waals surface area (Å²) in [5.74, 6) is 0.568. The summed E-state index contributed by atoms with van der Waals surface area (Å²) in [6.45, 7) is 0.157. The number of nitrogens with zero attached hydrogens (tertiary/aromatic N) is 1. The number of anilines is 1. The summed E-state index contributed by atoms with van der Waals surface area (Å²) in [4.78, 5) is 17.4. The highest BCUT2D eigenvalue weighted by atomic mass is 16.4. The third-order valence-electron chi connectivity index (χ3n) is 1.96. The van der Waals surface area contributed by atoms with Gasteiger partial charge in [-0.1, -0.05) is 0 Å². The molecule has 6 nitrogen and oxygen atoms in total. The molecule has 0 aliphatic rings. The number of hydrogen-bond donors (Lipinski definition) is 4. The molecule has 6 heteroatoms. The monoisotopic (exact) mass is 206 g/mol. The molecule has 0 fully saturated rings. The molecule has 0 aliphatic heterocycles. The summed E-state index contributed by atoms with van der Waals surface area (Å²) in [5.41, 5.74) is 7.81. The molecule has 5 N–H and O–H groups in total. The fourth-order valence-corrected chi connectivity index (χ4v) is 1.32. The maximum absolute atomic E-state index is 10.3. The van der Waals surface area contributed by atoms with Crippen LogP contribution in [0.2, 0.25) is 0 Å². The van der Waals surface area contributed by atoms with Gasteiger partial charge in [-0.2, -0.15) is 0 Å². The Kier molecular flexibility index (Phi) is 2.17. The number of nitrogens with two attached hydrogens (primary N) is 1. The van der Waals surface area contributed by atoms with E-state index in [1.807, 2.05) is 0 Å². The Morgan fingerprint density at radius 2 is 2.40 bits per heavy atom. The standard InChI is InChI=1S/C9H10N4O2/c10-5-1-2-6-7(3-5)13-8(12-6)4-11-9(14)15/h1-3,11H,4,10H2,(H,12,13)(H,14,15). The molecule has 0 saturated carbocycles. The van der Waals surface area contributed by atoms with E-state index in [0.717, 1.165) is 11.0 Å². The van der Waals surface area contributed by atoms with E-state index in [9.17, 15) is 4.79 Å². The minimum absolute atomic E-state index is 0.157. The van der Waals surface area contributed by atoms with E-state index in [1.165, 1.54) is 0 Å². The fraction of sp³-hybridized carbons (Fsp3) is 0.111. The lowest BCUT2D eigenvalue weighted by atomic mass is 10.3. The van der Waals surface area contributed by atoms with Crippen LogP contribution in [-0.2, 0) is 6.54 Å². The number of carbonyl (C=O) groups is 1. The van der Waals surface area contributed by atoms with Crippen LogP contribution in [-0.4, -0.2) is 21.2 Å². The summed E-state index contributed by atoms with van der Waals surface area (Å²) < 4.78 is 0.